The highest BCUT2D eigenvalue weighted by atomic mass is 19.2. The molecule has 0 radical (unpaired) electrons. The van der Waals surface area contributed by atoms with Gasteiger partial charge in [0.15, 0.2) is 17.2 Å². The van der Waals surface area contributed by atoms with E-state index in [1.165, 1.54) is 12.1 Å². The number of hydrogen-bond donors (Lipinski definition) is 3. The van der Waals surface area contributed by atoms with Crippen LogP contribution in [0.1, 0.15) is 42.4 Å². The first kappa shape index (κ1) is 24.2. The minimum absolute atomic E-state index is 0.0177. The molecule has 2 saturated carbocycles. The van der Waals surface area contributed by atoms with Gasteiger partial charge in [0, 0.05) is 24.4 Å². The summed E-state index contributed by atoms with van der Waals surface area (Å²) >= 11 is 0. The Balaban J connectivity index is 1.56. The van der Waals surface area contributed by atoms with Gasteiger partial charge in [-0.15, -0.1) is 0 Å². The first-order chi connectivity index (χ1) is 16.3. The van der Waals surface area contributed by atoms with Crippen molar-refractivity contribution < 1.29 is 33.3 Å². The van der Waals surface area contributed by atoms with Crippen molar-refractivity contribution in [1.29, 1.82) is 5.26 Å². The fourth-order valence-corrected chi connectivity index (χ4v) is 4.13. The lowest BCUT2D eigenvalue weighted by atomic mass is 9.78. The van der Waals surface area contributed by atoms with Crippen LogP contribution in [0.25, 0.3) is 0 Å². The molecule has 2 aromatic rings. The summed E-state index contributed by atoms with van der Waals surface area (Å²) in [6, 6.07) is 12.6. The van der Waals surface area contributed by atoms with Crippen molar-refractivity contribution in [3.05, 3.63) is 70.8 Å². The molecular formula is C25H26F2N2O5. The zero-order valence-electron chi connectivity index (χ0n) is 18.4. The second-order valence-corrected chi connectivity index (χ2v) is 8.83. The number of ether oxygens (including phenoxy) is 2. The Morgan fingerprint density at radius 3 is 2.56 bits per heavy atom. The second-order valence-electron chi connectivity index (χ2n) is 8.83. The third-order valence-corrected chi connectivity index (χ3v) is 6.30. The molecule has 0 spiro atoms. The Morgan fingerprint density at radius 2 is 1.82 bits per heavy atom. The number of nitrogens with zero attached hydrogens (tertiary/aromatic N) is 1. The molecule has 2 aliphatic carbocycles. The normalized spacial score (nSPS) is 26.6. The topological polar surface area (TPSA) is 112 Å². The van der Waals surface area contributed by atoms with Crippen LogP contribution in [0.5, 0.6) is 0 Å². The first-order valence-corrected chi connectivity index (χ1v) is 11.2. The van der Waals surface area contributed by atoms with Crippen LogP contribution in [0.2, 0.25) is 0 Å². The molecule has 3 N–H and O–H groups in total. The monoisotopic (exact) mass is 472 g/mol. The summed E-state index contributed by atoms with van der Waals surface area (Å²) in [6.45, 7) is -0.439. The highest BCUT2D eigenvalue weighted by Gasteiger charge is 2.52. The molecule has 4 atom stereocenters. The van der Waals surface area contributed by atoms with Crippen molar-refractivity contribution in [3.63, 3.8) is 0 Å². The molecule has 34 heavy (non-hydrogen) atoms. The van der Waals surface area contributed by atoms with Gasteiger partial charge < -0.3 is 25.0 Å². The Kier molecular flexibility index (Phi) is 7.24. The molecule has 180 valence electrons. The van der Waals surface area contributed by atoms with Crippen molar-refractivity contribution >= 4 is 5.91 Å². The number of nitriles is 1. The molecular weight excluding hydrogens is 446 g/mol. The minimum atomic E-state index is -1.55. The van der Waals surface area contributed by atoms with Crippen LogP contribution in [0.15, 0.2) is 42.5 Å². The summed E-state index contributed by atoms with van der Waals surface area (Å²) in [7, 11) is 0. The third kappa shape index (κ3) is 5.26. The van der Waals surface area contributed by atoms with E-state index in [1.54, 1.807) is 24.3 Å². The smallest absolute Gasteiger partial charge is 0.252 e. The van der Waals surface area contributed by atoms with E-state index in [1.807, 2.05) is 0 Å². The summed E-state index contributed by atoms with van der Waals surface area (Å²) in [5.74, 6) is -2.53. The molecule has 0 saturated heterocycles. The van der Waals surface area contributed by atoms with Crippen LogP contribution in [0, 0.1) is 23.0 Å². The molecule has 1 unspecified atom stereocenters. The highest BCUT2D eigenvalue weighted by molar-refractivity contribution is 5.86. The van der Waals surface area contributed by atoms with Gasteiger partial charge >= 0.3 is 0 Å². The standard InChI is InChI=1S/C25H26F2N2O5/c26-19-7-3-6-17(22(19)27)13-33-21-11-25(10-20(30)23(21)31,24(32)29-18-8-9-18)34-14-16-5-2-1-4-15(16)12-28/h1-7,18,20-21,23,30-31H,8-11,13-14H2,(H,29,32)/t20-,21?,23-,25+/m1/s1. The van der Waals surface area contributed by atoms with Gasteiger partial charge in [-0.2, -0.15) is 5.26 Å². The number of carbonyl (C=O) groups excluding carboxylic acids is 1. The van der Waals surface area contributed by atoms with Gasteiger partial charge in [0.25, 0.3) is 5.91 Å². The van der Waals surface area contributed by atoms with E-state index in [4.69, 9.17) is 9.47 Å². The number of carbonyl (C=O) groups is 1. The Bertz CT molecular complexity index is 1090. The summed E-state index contributed by atoms with van der Waals surface area (Å²) in [5.41, 5.74) is -0.631. The minimum Gasteiger partial charge on any atom is -0.390 e. The lowest BCUT2D eigenvalue weighted by Gasteiger charge is -2.44. The van der Waals surface area contributed by atoms with Gasteiger partial charge in [0.1, 0.15) is 6.10 Å². The van der Waals surface area contributed by atoms with Gasteiger partial charge in [-0.25, -0.2) is 8.78 Å². The first-order valence-electron chi connectivity index (χ1n) is 11.2. The molecule has 2 fully saturated rings. The molecule has 0 bridgehead atoms. The van der Waals surface area contributed by atoms with E-state index in [9.17, 15) is 29.1 Å². The number of hydrogen-bond acceptors (Lipinski definition) is 6. The number of benzene rings is 2. The highest BCUT2D eigenvalue weighted by Crippen LogP contribution is 2.37. The largest absolute Gasteiger partial charge is 0.390 e. The van der Waals surface area contributed by atoms with Gasteiger partial charge in [-0.3, -0.25) is 4.79 Å². The van der Waals surface area contributed by atoms with Crippen molar-refractivity contribution in [1.82, 2.24) is 5.32 Å². The molecule has 0 heterocycles. The van der Waals surface area contributed by atoms with Crippen molar-refractivity contribution in [2.24, 2.45) is 0 Å². The van der Waals surface area contributed by atoms with Crippen LogP contribution in [-0.2, 0) is 27.5 Å². The van der Waals surface area contributed by atoms with E-state index in [0.29, 0.717) is 11.1 Å². The van der Waals surface area contributed by atoms with E-state index in [-0.39, 0.29) is 37.7 Å². The number of nitrogens with one attached hydrogen (secondary N) is 1. The molecule has 1 amide bonds. The average Bonchev–Trinajstić information content (AvgIpc) is 3.65. The van der Waals surface area contributed by atoms with Crippen LogP contribution < -0.4 is 5.32 Å². The van der Waals surface area contributed by atoms with Gasteiger partial charge in [0.05, 0.1) is 37.1 Å². The Morgan fingerprint density at radius 1 is 1.09 bits per heavy atom. The zero-order valence-corrected chi connectivity index (χ0v) is 18.4. The molecule has 9 heteroatoms. The van der Waals surface area contributed by atoms with Crippen LogP contribution in [-0.4, -0.2) is 46.1 Å². The van der Waals surface area contributed by atoms with Crippen molar-refractivity contribution in [2.45, 2.75) is 68.9 Å². The van der Waals surface area contributed by atoms with Crippen molar-refractivity contribution in [2.75, 3.05) is 0 Å². The SMILES string of the molecule is N#Cc1ccccc1CO[C@]1(C(=O)NC2CC2)CC(OCc2cccc(F)c2F)[C@H](O)[C@H](O)C1. The van der Waals surface area contributed by atoms with Crippen LogP contribution in [0.4, 0.5) is 8.78 Å². The van der Waals surface area contributed by atoms with Crippen LogP contribution in [0.3, 0.4) is 0 Å². The molecule has 0 aliphatic heterocycles. The number of rotatable bonds is 8. The molecule has 7 nitrogen and oxygen atoms in total. The summed E-state index contributed by atoms with van der Waals surface area (Å²) < 4.78 is 39.4. The number of aliphatic hydroxyl groups excluding tert-OH is 2. The maximum atomic E-state index is 14.1. The number of halogens is 2. The Labute approximate surface area is 195 Å². The average molecular weight is 472 g/mol. The fraction of sp³-hybridized carbons (Fsp3) is 0.440. The van der Waals surface area contributed by atoms with Crippen LogP contribution >= 0.6 is 0 Å². The van der Waals surface area contributed by atoms with E-state index < -0.39 is 41.5 Å². The maximum absolute atomic E-state index is 14.1. The molecule has 2 aromatic carbocycles. The Hall–Kier alpha value is -2.90. The summed E-state index contributed by atoms with van der Waals surface area (Å²) in [5, 5.41) is 33.4. The van der Waals surface area contributed by atoms with Gasteiger partial charge in [-0.05, 0) is 30.5 Å². The molecule has 0 aromatic heterocycles. The molecule has 2 aliphatic rings. The van der Waals surface area contributed by atoms with Gasteiger partial charge in [-0.1, -0.05) is 30.3 Å². The quantitative estimate of drug-likeness (QED) is 0.544. The summed E-state index contributed by atoms with van der Waals surface area (Å²) in [4.78, 5) is 13.3. The predicted molar refractivity (Wildman–Crippen MR) is 116 cm³/mol. The summed E-state index contributed by atoms with van der Waals surface area (Å²) in [6.07, 6.45) is -2.42. The fourth-order valence-electron chi connectivity index (χ4n) is 4.13. The zero-order chi connectivity index (χ0) is 24.3. The lowest BCUT2D eigenvalue weighted by molar-refractivity contribution is -0.200. The second kappa shape index (κ2) is 10.2. The molecule has 4 rings (SSSR count). The predicted octanol–water partition coefficient (Wildman–Crippen LogP) is 2.47. The van der Waals surface area contributed by atoms with E-state index >= 15 is 0 Å². The third-order valence-electron chi connectivity index (χ3n) is 6.30. The van der Waals surface area contributed by atoms with E-state index in [0.717, 1.165) is 18.9 Å². The number of aliphatic hydroxyl groups is 2. The number of amides is 1. The van der Waals surface area contributed by atoms with Gasteiger partial charge in [0.2, 0.25) is 0 Å². The van der Waals surface area contributed by atoms with E-state index in [2.05, 4.69) is 11.4 Å². The van der Waals surface area contributed by atoms with Crippen molar-refractivity contribution in [3.8, 4) is 6.07 Å². The maximum Gasteiger partial charge on any atom is 0.252 e. The lowest BCUT2D eigenvalue weighted by Crippen LogP contribution is -2.61.